The highest BCUT2D eigenvalue weighted by Crippen LogP contribution is 2.26. The quantitative estimate of drug-likeness (QED) is 0.258. The number of amides is 4. The second-order valence-electron chi connectivity index (χ2n) is 13.7. The fourth-order valence-corrected chi connectivity index (χ4v) is 6.89. The molecule has 1 aliphatic heterocycles. The van der Waals surface area contributed by atoms with E-state index in [1.807, 2.05) is 58.0 Å². The molecule has 0 spiro atoms. The average molecular weight is 717 g/mol. The number of carbonyl (C=O) groups is 4. The van der Waals surface area contributed by atoms with Gasteiger partial charge in [0.15, 0.2) is 5.82 Å². The first kappa shape index (κ1) is 37.3. The molecule has 14 heteroatoms. The standard InChI is InChI=1S/C37H45FN8O4S/c1-22(2)14-29-37-43-31(21-51-37)36(50)42-28(16-25-10-7-6-8-11-25)35-39-24(5)44-46(35)20-33(48)41-30(23(3)4)18-45(19-32(47)40-29)34(49)17-26-12-9-13-27(38)15-26/h6-13,15,21-23,28-30H,14,16-20H2,1-5H3,(H,40,47)(H,41,48)(H,42,50)/t28-,29-,30+/m0/s1. The van der Waals surface area contributed by atoms with E-state index in [9.17, 15) is 23.6 Å². The van der Waals surface area contributed by atoms with Crippen molar-refractivity contribution in [2.45, 2.75) is 78.6 Å². The Bertz CT molecular complexity index is 1840. The summed E-state index contributed by atoms with van der Waals surface area (Å²) in [4.78, 5) is 65.6. The lowest BCUT2D eigenvalue weighted by molar-refractivity contribution is -0.136. The van der Waals surface area contributed by atoms with E-state index in [0.29, 0.717) is 35.1 Å². The predicted octanol–water partition coefficient (Wildman–Crippen LogP) is 4.33. The molecule has 2 bridgehead atoms. The van der Waals surface area contributed by atoms with Gasteiger partial charge in [0.05, 0.1) is 25.0 Å². The summed E-state index contributed by atoms with van der Waals surface area (Å²) in [5, 5.41) is 15.9. The summed E-state index contributed by atoms with van der Waals surface area (Å²) >= 11 is 1.27. The number of halogens is 1. The first-order valence-electron chi connectivity index (χ1n) is 17.2. The molecule has 4 amide bonds. The first-order chi connectivity index (χ1) is 24.3. The maximum absolute atomic E-state index is 14.0. The summed E-state index contributed by atoms with van der Waals surface area (Å²) in [5.41, 5.74) is 1.60. The number of thiazole rings is 1. The van der Waals surface area contributed by atoms with E-state index in [1.54, 1.807) is 18.4 Å². The molecule has 2 aromatic heterocycles. The third-order valence-corrected chi connectivity index (χ3v) is 9.55. The Morgan fingerprint density at radius 1 is 0.922 bits per heavy atom. The van der Waals surface area contributed by atoms with Gasteiger partial charge in [-0.25, -0.2) is 19.0 Å². The summed E-state index contributed by atoms with van der Waals surface area (Å²) in [6, 6.07) is 13.7. The number of fused-ring (bicyclic) bond motifs is 3. The van der Waals surface area contributed by atoms with Crippen molar-refractivity contribution < 1.29 is 23.6 Å². The Morgan fingerprint density at radius 2 is 1.65 bits per heavy atom. The molecule has 270 valence electrons. The van der Waals surface area contributed by atoms with Crippen LogP contribution in [0.15, 0.2) is 60.0 Å². The monoisotopic (exact) mass is 716 g/mol. The maximum atomic E-state index is 14.0. The van der Waals surface area contributed by atoms with Crippen molar-refractivity contribution in [3.63, 3.8) is 0 Å². The maximum Gasteiger partial charge on any atom is 0.271 e. The Kier molecular flexibility index (Phi) is 12.3. The lowest BCUT2D eigenvalue weighted by Gasteiger charge is -2.31. The van der Waals surface area contributed by atoms with Crippen LogP contribution in [0.25, 0.3) is 0 Å². The predicted molar refractivity (Wildman–Crippen MR) is 191 cm³/mol. The number of benzene rings is 2. The molecule has 12 nitrogen and oxygen atoms in total. The summed E-state index contributed by atoms with van der Waals surface area (Å²) in [5.74, 6) is -1.20. The van der Waals surface area contributed by atoms with Gasteiger partial charge in [-0.15, -0.1) is 11.3 Å². The molecule has 51 heavy (non-hydrogen) atoms. The number of aromatic nitrogens is 4. The van der Waals surface area contributed by atoms with E-state index in [-0.39, 0.29) is 49.5 Å². The fraction of sp³-hybridized carbons (Fsp3) is 0.432. The van der Waals surface area contributed by atoms with Gasteiger partial charge in [-0.2, -0.15) is 5.10 Å². The summed E-state index contributed by atoms with van der Waals surface area (Å²) in [7, 11) is 0. The largest absolute Gasteiger partial charge is 0.350 e. The van der Waals surface area contributed by atoms with Crippen LogP contribution >= 0.6 is 11.3 Å². The first-order valence-corrected chi connectivity index (χ1v) is 18.0. The van der Waals surface area contributed by atoms with E-state index in [2.05, 4.69) is 31.0 Å². The molecular weight excluding hydrogens is 672 g/mol. The molecule has 0 radical (unpaired) electrons. The van der Waals surface area contributed by atoms with Gasteiger partial charge < -0.3 is 20.9 Å². The normalized spacial score (nSPS) is 19.2. The number of nitrogens with one attached hydrogen (secondary N) is 3. The molecule has 0 saturated heterocycles. The Morgan fingerprint density at radius 3 is 2.35 bits per heavy atom. The van der Waals surface area contributed by atoms with Crippen molar-refractivity contribution in [1.82, 2.24) is 40.6 Å². The van der Waals surface area contributed by atoms with Crippen molar-refractivity contribution in [3.05, 3.63) is 99.3 Å². The lowest BCUT2D eigenvalue weighted by Crippen LogP contribution is -2.52. The van der Waals surface area contributed by atoms with Crippen molar-refractivity contribution in [2.24, 2.45) is 11.8 Å². The summed E-state index contributed by atoms with van der Waals surface area (Å²) in [6.45, 7) is 9.15. The molecule has 3 heterocycles. The van der Waals surface area contributed by atoms with E-state index >= 15 is 0 Å². The van der Waals surface area contributed by atoms with Gasteiger partial charge in [-0.3, -0.25) is 19.2 Å². The van der Waals surface area contributed by atoms with Gasteiger partial charge in [-0.1, -0.05) is 70.2 Å². The van der Waals surface area contributed by atoms with Crippen molar-refractivity contribution >= 4 is 35.0 Å². The number of rotatable bonds is 7. The van der Waals surface area contributed by atoms with E-state index in [0.717, 1.165) is 5.56 Å². The third kappa shape index (κ3) is 10.3. The number of carbonyl (C=O) groups excluding carboxylic acids is 4. The van der Waals surface area contributed by atoms with Crippen LogP contribution in [0.4, 0.5) is 4.39 Å². The average Bonchev–Trinajstić information content (AvgIpc) is 3.70. The highest BCUT2D eigenvalue weighted by Gasteiger charge is 2.30. The van der Waals surface area contributed by atoms with Gasteiger partial charge >= 0.3 is 0 Å². The molecule has 1 aliphatic rings. The van der Waals surface area contributed by atoms with E-state index < -0.39 is 41.7 Å². The van der Waals surface area contributed by atoms with Gasteiger partial charge in [0.25, 0.3) is 5.91 Å². The lowest BCUT2D eigenvalue weighted by atomic mass is 10.0. The van der Waals surface area contributed by atoms with Crippen molar-refractivity contribution in [1.29, 1.82) is 0 Å². The fourth-order valence-electron chi connectivity index (χ4n) is 6.03. The van der Waals surface area contributed by atoms with E-state index in [1.165, 1.54) is 39.1 Å². The highest BCUT2D eigenvalue weighted by molar-refractivity contribution is 7.09. The van der Waals surface area contributed by atoms with Crippen LogP contribution in [0.5, 0.6) is 0 Å². The molecule has 0 aliphatic carbocycles. The van der Waals surface area contributed by atoms with Crippen LogP contribution in [0.2, 0.25) is 0 Å². The zero-order chi connectivity index (χ0) is 36.7. The van der Waals surface area contributed by atoms with Gasteiger partial charge in [-0.05, 0) is 54.9 Å². The smallest absolute Gasteiger partial charge is 0.271 e. The molecule has 3 atom stereocenters. The minimum Gasteiger partial charge on any atom is -0.350 e. The summed E-state index contributed by atoms with van der Waals surface area (Å²) < 4.78 is 15.5. The number of hydrogen-bond donors (Lipinski definition) is 3. The second kappa shape index (κ2) is 16.8. The number of hydrogen-bond acceptors (Lipinski definition) is 8. The van der Waals surface area contributed by atoms with E-state index in [4.69, 9.17) is 0 Å². The molecule has 3 N–H and O–H groups in total. The van der Waals surface area contributed by atoms with Gasteiger partial charge in [0, 0.05) is 18.0 Å². The number of aryl methyl sites for hydroxylation is 1. The van der Waals surface area contributed by atoms with Crippen LogP contribution in [0.1, 0.15) is 84.5 Å². The Balaban J connectivity index is 1.53. The van der Waals surface area contributed by atoms with Crippen LogP contribution < -0.4 is 16.0 Å². The SMILES string of the molecule is Cc1nc2n(n1)CC(=O)N[C@@H](C(C)C)CN(C(=O)Cc1cccc(F)c1)CC(=O)N[C@@H](CC(C)C)c1nc(cs1)C(=O)N[C@H]2Cc1ccccc1. The topological polar surface area (TPSA) is 151 Å². The van der Waals surface area contributed by atoms with Crippen LogP contribution in [0, 0.1) is 24.6 Å². The zero-order valence-electron chi connectivity index (χ0n) is 29.6. The van der Waals surface area contributed by atoms with Crippen LogP contribution in [-0.4, -0.2) is 67.4 Å². The number of nitrogens with zero attached hydrogens (tertiary/aromatic N) is 5. The molecule has 0 saturated carbocycles. The highest BCUT2D eigenvalue weighted by atomic mass is 32.1. The minimum atomic E-state index is -0.652. The molecule has 4 aromatic rings. The third-order valence-electron chi connectivity index (χ3n) is 8.59. The molecule has 0 unspecified atom stereocenters. The molecule has 5 rings (SSSR count). The zero-order valence-corrected chi connectivity index (χ0v) is 30.4. The van der Waals surface area contributed by atoms with Gasteiger partial charge in [0.2, 0.25) is 17.7 Å². The molecular formula is C37H45FN8O4S. The molecule has 2 aromatic carbocycles. The minimum absolute atomic E-state index is 0.0388. The Labute approximate surface area is 301 Å². The van der Waals surface area contributed by atoms with Crippen molar-refractivity contribution in [2.75, 3.05) is 13.1 Å². The summed E-state index contributed by atoms with van der Waals surface area (Å²) in [6.07, 6.45) is 0.794. The Hall–Kier alpha value is -4.98. The van der Waals surface area contributed by atoms with Crippen LogP contribution in [-0.2, 0) is 33.8 Å². The molecule has 0 fully saturated rings. The second-order valence-corrected chi connectivity index (χ2v) is 14.6. The van der Waals surface area contributed by atoms with Crippen molar-refractivity contribution in [3.8, 4) is 0 Å². The van der Waals surface area contributed by atoms with Gasteiger partial charge in [0.1, 0.15) is 28.9 Å². The van der Waals surface area contributed by atoms with Crippen LogP contribution in [0.3, 0.4) is 0 Å².